The van der Waals surface area contributed by atoms with Crippen molar-refractivity contribution in [1.82, 2.24) is 15.0 Å². The van der Waals surface area contributed by atoms with Crippen LogP contribution in [0.15, 0.2) is 73.2 Å². The average molecular weight is 380 g/mol. The lowest BCUT2D eigenvalue weighted by molar-refractivity contribution is -0.137. The van der Waals surface area contributed by atoms with Crippen molar-refractivity contribution >= 4 is 16.7 Å². The first kappa shape index (κ1) is 17.9. The summed E-state index contributed by atoms with van der Waals surface area (Å²) in [5.74, 6) is 0.670. The van der Waals surface area contributed by atoms with Crippen molar-refractivity contribution in [3.63, 3.8) is 0 Å². The molecule has 0 amide bonds. The molecule has 2 heterocycles. The van der Waals surface area contributed by atoms with Crippen LogP contribution in [0.1, 0.15) is 11.3 Å². The molecule has 0 aliphatic heterocycles. The van der Waals surface area contributed by atoms with Crippen molar-refractivity contribution in [3.8, 4) is 11.1 Å². The Hall–Kier alpha value is -3.48. The van der Waals surface area contributed by atoms with Gasteiger partial charge in [0, 0.05) is 17.1 Å². The summed E-state index contributed by atoms with van der Waals surface area (Å²) in [7, 11) is 0. The Morgan fingerprint density at radius 1 is 0.929 bits per heavy atom. The minimum Gasteiger partial charge on any atom is -0.364 e. The van der Waals surface area contributed by atoms with Crippen LogP contribution in [-0.4, -0.2) is 15.0 Å². The molecule has 2 aromatic heterocycles. The Morgan fingerprint density at radius 2 is 1.79 bits per heavy atom. The number of fused-ring (bicyclic) bond motifs is 1. The average Bonchev–Trinajstić information content (AvgIpc) is 2.72. The lowest BCUT2D eigenvalue weighted by atomic mass is 9.99. The van der Waals surface area contributed by atoms with Gasteiger partial charge >= 0.3 is 6.18 Å². The van der Waals surface area contributed by atoms with Crippen LogP contribution in [0.25, 0.3) is 22.0 Å². The molecular weight excluding hydrogens is 365 g/mol. The maximum absolute atomic E-state index is 13.1. The van der Waals surface area contributed by atoms with Gasteiger partial charge in [-0.1, -0.05) is 36.4 Å². The van der Waals surface area contributed by atoms with Crippen LogP contribution < -0.4 is 5.32 Å². The third kappa shape index (κ3) is 3.78. The van der Waals surface area contributed by atoms with E-state index in [4.69, 9.17) is 0 Å². The van der Waals surface area contributed by atoms with E-state index in [9.17, 15) is 13.2 Å². The molecular formula is C21H15F3N4. The second-order valence-electron chi connectivity index (χ2n) is 6.21. The number of halogens is 3. The molecule has 140 valence electrons. The first-order valence-electron chi connectivity index (χ1n) is 8.57. The molecule has 4 nitrogen and oxygen atoms in total. The number of hydrogen-bond acceptors (Lipinski definition) is 4. The van der Waals surface area contributed by atoms with E-state index in [1.807, 2.05) is 24.3 Å². The van der Waals surface area contributed by atoms with Gasteiger partial charge in [0.2, 0.25) is 0 Å². The number of rotatable bonds is 4. The molecule has 28 heavy (non-hydrogen) atoms. The van der Waals surface area contributed by atoms with Gasteiger partial charge in [-0.25, -0.2) is 9.97 Å². The lowest BCUT2D eigenvalue weighted by Crippen LogP contribution is -2.05. The number of para-hydroxylation sites is 1. The smallest absolute Gasteiger partial charge is 0.364 e. The van der Waals surface area contributed by atoms with Gasteiger partial charge in [0.15, 0.2) is 0 Å². The zero-order chi connectivity index (χ0) is 19.6. The fourth-order valence-corrected chi connectivity index (χ4v) is 2.96. The van der Waals surface area contributed by atoms with E-state index in [1.54, 1.807) is 24.4 Å². The normalized spacial score (nSPS) is 11.5. The van der Waals surface area contributed by atoms with Crippen LogP contribution in [0.4, 0.5) is 19.0 Å². The van der Waals surface area contributed by atoms with Gasteiger partial charge in [-0.2, -0.15) is 13.2 Å². The van der Waals surface area contributed by atoms with Crippen molar-refractivity contribution in [2.45, 2.75) is 12.7 Å². The number of pyridine rings is 1. The van der Waals surface area contributed by atoms with Crippen LogP contribution >= 0.6 is 0 Å². The van der Waals surface area contributed by atoms with Crippen LogP contribution in [0.3, 0.4) is 0 Å². The third-order valence-corrected chi connectivity index (χ3v) is 4.31. The monoisotopic (exact) mass is 380 g/mol. The molecule has 0 bridgehead atoms. The van der Waals surface area contributed by atoms with Gasteiger partial charge in [0.1, 0.15) is 12.1 Å². The maximum Gasteiger partial charge on any atom is 0.416 e. The Balaban J connectivity index is 1.71. The molecule has 0 saturated carbocycles. The van der Waals surface area contributed by atoms with Gasteiger partial charge in [-0.05, 0) is 29.8 Å². The Labute approximate surface area is 159 Å². The van der Waals surface area contributed by atoms with E-state index >= 15 is 0 Å². The Morgan fingerprint density at radius 3 is 2.57 bits per heavy atom. The van der Waals surface area contributed by atoms with Crippen molar-refractivity contribution in [1.29, 1.82) is 0 Å². The lowest BCUT2D eigenvalue weighted by Gasteiger charge is -2.11. The summed E-state index contributed by atoms with van der Waals surface area (Å²) < 4.78 is 39.3. The van der Waals surface area contributed by atoms with Gasteiger partial charge in [-0.15, -0.1) is 0 Å². The van der Waals surface area contributed by atoms with Gasteiger partial charge < -0.3 is 5.32 Å². The molecule has 0 aliphatic carbocycles. The quantitative estimate of drug-likeness (QED) is 0.520. The summed E-state index contributed by atoms with van der Waals surface area (Å²) >= 11 is 0. The highest BCUT2D eigenvalue weighted by Gasteiger charge is 2.30. The van der Waals surface area contributed by atoms with Crippen LogP contribution in [-0.2, 0) is 12.7 Å². The second kappa shape index (κ2) is 7.26. The summed E-state index contributed by atoms with van der Waals surface area (Å²) in [4.78, 5) is 12.6. The van der Waals surface area contributed by atoms with Crippen molar-refractivity contribution in [2.75, 3.05) is 5.32 Å². The molecule has 2 aromatic carbocycles. The topological polar surface area (TPSA) is 50.7 Å². The third-order valence-electron chi connectivity index (χ3n) is 4.31. The van der Waals surface area contributed by atoms with Gasteiger partial charge in [0.05, 0.1) is 23.3 Å². The molecule has 0 aliphatic rings. The van der Waals surface area contributed by atoms with Crippen molar-refractivity contribution in [3.05, 3.63) is 84.4 Å². The number of anilines is 1. The van der Waals surface area contributed by atoms with E-state index in [2.05, 4.69) is 20.3 Å². The molecule has 0 atom stereocenters. The summed E-state index contributed by atoms with van der Waals surface area (Å²) in [6.45, 7) is 0.434. The van der Waals surface area contributed by atoms with Crippen LogP contribution in [0.5, 0.6) is 0 Å². The summed E-state index contributed by atoms with van der Waals surface area (Å²) in [5.41, 5.74) is 1.87. The fraction of sp³-hybridized carbons (Fsp3) is 0.0952. The maximum atomic E-state index is 13.1. The van der Waals surface area contributed by atoms with Gasteiger partial charge in [-0.3, -0.25) is 4.98 Å². The molecule has 0 radical (unpaired) electrons. The molecule has 4 aromatic rings. The molecule has 0 spiro atoms. The highest BCUT2D eigenvalue weighted by atomic mass is 19.4. The van der Waals surface area contributed by atoms with Crippen molar-refractivity contribution in [2.24, 2.45) is 0 Å². The largest absolute Gasteiger partial charge is 0.416 e. The minimum absolute atomic E-state index is 0.434. The highest BCUT2D eigenvalue weighted by molar-refractivity contribution is 5.93. The SMILES string of the molecule is FC(F)(F)c1cccc(-c2cccc3ccc(CNc4ccncn4)nc23)c1. The molecule has 4 rings (SSSR count). The van der Waals surface area contributed by atoms with Crippen molar-refractivity contribution < 1.29 is 13.2 Å². The first-order chi connectivity index (χ1) is 13.5. The van der Waals surface area contributed by atoms with E-state index in [1.165, 1.54) is 12.4 Å². The molecule has 0 fully saturated rings. The Bertz CT molecular complexity index is 1110. The number of aromatic nitrogens is 3. The predicted octanol–water partition coefficient (Wildman–Crippen LogP) is 5.32. The number of nitrogens with zero attached hydrogens (tertiary/aromatic N) is 3. The number of benzene rings is 2. The van der Waals surface area contributed by atoms with Gasteiger partial charge in [0.25, 0.3) is 0 Å². The first-order valence-corrected chi connectivity index (χ1v) is 8.57. The highest BCUT2D eigenvalue weighted by Crippen LogP contribution is 2.34. The van der Waals surface area contributed by atoms with E-state index in [-0.39, 0.29) is 0 Å². The van der Waals surface area contributed by atoms with Crippen LogP contribution in [0.2, 0.25) is 0 Å². The summed E-state index contributed by atoms with van der Waals surface area (Å²) in [6.07, 6.45) is -1.31. The minimum atomic E-state index is -4.39. The van der Waals surface area contributed by atoms with Crippen LogP contribution in [0, 0.1) is 0 Å². The predicted molar refractivity (Wildman–Crippen MR) is 102 cm³/mol. The summed E-state index contributed by atoms with van der Waals surface area (Å²) in [6, 6.07) is 16.3. The van der Waals surface area contributed by atoms with E-state index in [0.717, 1.165) is 23.2 Å². The fourth-order valence-electron chi connectivity index (χ4n) is 2.96. The summed E-state index contributed by atoms with van der Waals surface area (Å²) in [5, 5.41) is 4.01. The molecule has 0 saturated heterocycles. The Kier molecular flexibility index (Phi) is 4.65. The second-order valence-corrected chi connectivity index (χ2v) is 6.21. The van der Waals surface area contributed by atoms with E-state index < -0.39 is 11.7 Å². The number of hydrogen-bond donors (Lipinski definition) is 1. The molecule has 1 N–H and O–H groups in total. The standard InChI is InChI=1S/C21H15F3N4/c22-21(23,24)16-5-1-4-15(11-16)18-6-2-3-14-7-8-17(28-20(14)18)12-26-19-9-10-25-13-27-19/h1-11,13H,12H2,(H,25,26,27). The number of nitrogens with one attached hydrogen (secondary N) is 1. The van der Waals surface area contributed by atoms with E-state index in [0.29, 0.717) is 29.0 Å². The number of alkyl halides is 3. The zero-order valence-electron chi connectivity index (χ0n) is 14.6. The zero-order valence-corrected chi connectivity index (χ0v) is 14.6. The molecule has 7 heteroatoms. The molecule has 0 unspecified atom stereocenters.